The van der Waals surface area contributed by atoms with E-state index in [-0.39, 0.29) is 0 Å². The molecule has 0 heterocycles. The molecule has 7 atom stereocenters. The Labute approximate surface area is 158 Å². The predicted molar refractivity (Wildman–Crippen MR) is 110 cm³/mol. The Kier molecular flexibility index (Phi) is 4.93. The van der Waals surface area contributed by atoms with Gasteiger partial charge in [0, 0.05) is 6.04 Å². The average Bonchev–Trinajstić information content (AvgIpc) is 3.00. The summed E-state index contributed by atoms with van der Waals surface area (Å²) >= 11 is 0. The van der Waals surface area contributed by atoms with E-state index in [2.05, 4.69) is 67.6 Å². The van der Waals surface area contributed by atoms with E-state index in [0.717, 1.165) is 40.9 Å². The van der Waals surface area contributed by atoms with Gasteiger partial charge in [0.1, 0.15) is 0 Å². The molecule has 0 bridgehead atoms. The van der Waals surface area contributed by atoms with Gasteiger partial charge in [0.2, 0.25) is 0 Å². The summed E-state index contributed by atoms with van der Waals surface area (Å²) in [6.45, 7) is 23.3. The number of hydrogen-bond acceptors (Lipinski definition) is 1. The SMILES string of the molecule is CC(C)CC(C)NCC1C2CC3C(C)(CC(C)C(C)(C)C(C)C)CC123. The summed E-state index contributed by atoms with van der Waals surface area (Å²) in [5.74, 6) is 5.54. The van der Waals surface area contributed by atoms with Crippen LogP contribution in [-0.2, 0) is 0 Å². The summed E-state index contributed by atoms with van der Waals surface area (Å²) < 4.78 is 0. The molecule has 7 unspecified atom stereocenters. The van der Waals surface area contributed by atoms with Crippen molar-refractivity contribution in [2.24, 2.45) is 51.8 Å². The van der Waals surface area contributed by atoms with Crippen molar-refractivity contribution in [3.8, 4) is 0 Å². The molecule has 1 nitrogen and oxygen atoms in total. The maximum Gasteiger partial charge on any atom is 0.00412 e. The lowest BCUT2D eigenvalue weighted by Gasteiger charge is -2.63. The first-order chi connectivity index (χ1) is 11.4. The monoisotopic (exact) mass is 347 g/mol. The van der Waals surface area contributed by atoms with Crippen molar-refractivity contribution < 1.29 is 0 Å². The van der Waals surface area contributed by atoms with E-state index in [1.807, 2.05) is 0 Å². The van der Waals surface area contributed by atoms with E-state index in [9.17, 15) is 0 Å². The maximum absolute atomic E-state index is 3.86. The summed E-state index contributed by atoms with van der Waals surface area (Å²) in [6, 6.07) is 0.688. The fraction of sp³-hybridized carbons (Fsp3) is 1.00. The van der Waals surface area contributed by atoms with Gasteiger partial charge in [-0.3, -0.25) is 0 Å². The second-order valence-corrected chi connectivity index (χ2v) is 12.0. The maximum atomic E-state index is 3.86. The molecule has 0 saturated heterocycles. The van der Waals surface area contributed by atoms with Gasteiger partial charge in [-0.1, -0.05) is 55.4 Å². The van der Waals surface area contributed by atoms with Crippen LogP contribution in [0.2, 0.25) is 0 Å². The van der Waals surface area contributed by atoms with E-state index in [4.69, 9.17) is 0 Å². The summed E-state index contributed by atoms with van der Waals surface area (Å²) in [5.41, 5.74) is 1.90. The van der Waals surface area contributed by atoms with Crippen molar-refractivity contribution in [2.75, 3.05) is 6.54 Å². The standard InChI is InChI=1S/C24H45N/c1-15(2)10-18(6)25-13-20-19-11-21-23(9,14-24(19,20)21)12-17(5)22(7,8)16(3)4/h15-21,25H,10-14H2,1-9H3. The Morgan fingerprint density at radius 2 is 1.72 bits per heavy atom. The lowest BCUT2D eigenvalue weighted by molar-refractivity contribution is -0.143. The molecule has 0 aromatic carbocycles. The van der Waals surface area contributed by atoms with Crippen LogP contribution in [0.15, 0.2) is 0 Å². The van der Waals surface area contributed by atoms with Gasteiger partial charge in [-0.05, 0) is 90.9 Å². The van der Waals surface area contributed by atoms with Gasteiger partial charge in [-0.25, -0.2) is 0 Å². The third-order valence-electron chi connectivity index (χ3n) is 9.49. The van der Waals surface area contributed by atoms with Crippen LogP contribution in [0.25, 0.3) is 0 Å². The first kappa shape index (κ1) is 19.7. The molecule has 0 aliphatic heterocycles. The lowest BCUT2D eigenvalue weighted by atomic mass is 9.42. The van der Waals surface area contributed by atoms with Crippen LogP contribution in [0.5, 0.6) is 0 Å². The van der Waals surface area contributed by atoms with Crippen LogP contribution in [0, 0.1) is 51.8 Å². The van der Waals surface area contributed by atoms with Crippen molar-refractivity contribution in [1.82, 2.24) is 5.32 Å². The van der Waals surface area contributed by atoms with Gasteiger partial charge in [-0.15, -0.1) is 0 Å². The summed E-state index contributed by atoms with van der Waals surface area (Å²) in [7, 11) is 0. The zero-order valence-electron chi connectivity index (χ0n) is 18.6. The smallest absolute Gasteiger partial charge is 0.00412 e. The first-order valence-corrected chi connectivity index (χ1v) is 11.2. The summed E-state index contributed by atoms with van der Waals surface area (Å²) in [5, 5.41) is 3.86. The molecule has 25 heavy (non-hydrogen) atoms. The zero-order valence-corrected chi connectivity index (χ0v) is 18.6. The normalized spacial score (nSPS) is 41.6. The second-order valence-electron chi connectivity index (χ2n) is 12.0. The van der Waals surface area contributed by atoms with Crippen molar-refractivity contribution in [3.05, 3.63) is 0 Å². The van der Waals surface area contributed by atoms with E-state index < -0.39 is 0 Å². The van der Waals surface area contributed by atoms with Crippen LogP contribution in [0.4, 0.5) is 0 Å². The van der Waals surface area contributed by atoms with Gasteiger partial charge < -0.3 is 5.32 Å². The molecule has 3 aliphatic rings. The summed E-state index contributed by atoms with van der Waals surface area (Å²) in [6.07, 6.45) is 5.82. The van der Waals surface area contributed by atoms with E-state index in [0.29, 0.717) is 16.9 Å². The van der Waals surface area contributed by atoms with Crippen LogP contribution < -0.4 is 5.32 Å². The molecular weight excluding hydrogens is 302 g/mol. The first-order valence-electron chi connectivity index (χ1n) is 11.2. The molecule has 1 spiro atoms. The molecule has 0 aromatic rings. The number of rotatable bonds is 9. The topological polar surface area (TPSA) is 12.0 Å². The van der Waals surface area contributed by atoms with E-state index in [1.165, 1.54) is 32.2 Å². The van der Waals surface area contributed by atoms with E-state index >= 15 is 0 Å². The Bertz CT molecular complexity index is 492. The van der Waals surface area contributed by atoms with Crippen molar-refractivity contribution in [2.45, 2.75) is 94.0 Å². The lowest BCUT2D eigenvalue weighted by Crippen LogP contribution is -2.56. The average molecular weight is 348 g/mol. The minimum absolute atomic E-state index is 0.464. The Morgan fingerprint density at radius 3 is 2.24 bits per heavy atom. The highest BCUT2D eigenvalue weighted by atomic mass is 15.0. The van der Waals surface area contributed by atoms with Crippen molar-refractivity contribution in [1.29, 1.82) is 0 Å². The molecule has 0 aromatic heterocycles. The largest absolute Gasteiger partial charge is 0.314 e. The Balaban J connectivity index is 1.50. The fourth-order valence-electron chi connectivity index (χ4n) is 7.05. The van der Waals surface area contributed by atoms with Gasteiger partial charge in [-0.2, -0.15) is 0 Å². The highest BCUT2D eigenvalue weighted by molar-refractivity contribution is 5.32. The van der Waals surface area contributed by atoms with Crippen LogP contribution >= 0.6 is 0 Å². The van der Waals surface area contributed by atoms with Gasteiger partial charge in [0.15, 0.2) is 0 Å². The fourth-order valence-corrected chi connectivity index (χ4v) is 7.05. The number of nitrogens with one attached hydrogen (secondary N) is 1. The van der Waals surface area contributed by atoms with Crippen LogP contribution in [0.1, 0.15) is 88.0 Å². The highest BCUT2D eigenvalue weighted by Gasteiger charge is 2.84. The third-order valence-corrected chi connectivity index (χ3v) is 9.49. The number of hydrogen-bond donors (Lipinski definition) is 1. The molecule has 146 valence electrons. The second kappa shape index (κ2) is 6.25. The Hall–Kier alpha value is -0.0400. The Morgan fingerprint density at radius 1 is 1.08 bits per heavy atom. The highest BCUT2D eigenvalue weighted by Crippen LogP contribution is 2.89. The van der Waals surface area contributed by atoms with Crippen LogP contribution in [-0.4, -0.2) is 12.6 Å². The minimum Gasteiger partial charge on any atom is -0.314 e. The van der Waals surface area contributed by atoms with Gasteiger partial charge in [0.25, 0.3) is 0 Å². The molecule has 0 amide bonds. The quantitative estimate of drug-likeness (QED) is 0.510. The van der Waals surface area contributed by atoms with Gasteiger partial charge >= 0.3 is 0 Å². The molecule has 3 rings (SSSR count). The molecular formula is C24H45N. The third kappa shape index (κ3) is 3.01. The predicted octanol–water partition coefficient (Wildman–Crippen LogP) is 6.38. The molecule has 3 fully saturated rings. The molecule has 3 aliphatic carbocycles. The minimum atomic E-state index is 0.464. The van der Waals surface area contributed by atoms with Crippen molar-refractivity contribution in [3.63, 3.8) is 0 Å². The molecule has 1 N–H and O–H groups in total. The molecule has 1 heteroatoms. The zero-order chi connectivity index (χ0) is 18.8. The van der Waals surface area contributed by atoms with Gasteiger partial charge in [0.05, 0.1) is 0 Å². The molecule has 0 radical (unpaired) electrons. The van der Waals surface area contributed by atoms with Crippen molar-refractivity contribution >= 4 is 0 Å². The van der Waals surface area contributed by atoms with E-state index in [1.54, 1.807) is 0 Å². The van der Waals surface area contributed by atoms with Crippen LogP contribution in [0.3, 0.4) is 0 Å². The molecule has 3 saturated carbocycles. The summed E-state index contributed by atoms with van der Waals surface area (Å²) in [4.78, 5) is 0.